The first kappa shape index (κ1) is 15.7. The van der Waals surface area contributed by atoms with Crippen molar-refractivity contribution in [3.8, 4) is 0 Å². The predicted molar refractivity (Wildman–Crippen MR) is 88.1 cm³/mol. The lowest BCUT2D eigenvalue weighted by Gasteiger charge is -2.16. The summed E-state index contributed by atoms with van der Waals surface area (Å²) in [7, 11) is 0. The minimum Gasteiger partial charge on any atom is -0.382 e. The van der Waals surface area contributed by atoms with Gasteiger partial charge in [-0.25, -0.2) is 9.97 Å². The molecule has 2 rings (SSSR count). The van der Waals surface area contributed by atoms with E-state index in [2.05, 4.69) is 20.2 Å². The normalized spacial score (nSPS) is 12.1. The van der Waals surface area contributed by atoms with Crippen molar-refractivity contribution < 1.29 is 4.79 Å². The maximum Gasteiger partial charge on any atom is 0.265 e. The van der Waals surface area contributed by atoms with E-state index in [9.17, 15) is 4.79 Å². The van der Waals surface area contributed by atoms with Crippen molar-refractivity contribution in [1.82, 2.24) is 15.3 Å². The van der Waals surface area contributed by atoms with Gasteiger partial charge in [-0.3, -0.25) is 4.79 Å². The molecule has 21 heavy (non-hydrogen) atoms. The number of nitrogens with zero attached hydrogens (tertiary/aromatic N) is 3. The van der Waals surface area contributed by atoms with Crippen molar-refractivity contribution in [2.75, 3.05) is 23.7 Å². The number of amides is 1. The van der Waals surface area contributed by atoms with Gasteiger partial charge in [0.05, 0.1) is 6.04 Å². The average Bonchev–Trinajstić information content (AvgIpc) is 3.10. The topological polar surface area (TPSA) is 84.1 Å². The van der Waals surface area contributed by atoms with Gasteiger partial charge < -0.3 is 16.0 Å². The third-order valence-electron chi connectivity index (χ3n) is 3.05. The second-order valence-electron chi connectivity index (χ2n) is 4.45. The van der Waals surface area contributed by atoms with Crippen LogP contribution < -0.4 is 16.0 Å². The summed E-state index contributed by atoms with van der Waals surface area (Å²) in [6, 6.07) is -0.143. The van der Waals surface area contributed by atoms with Gasteiger partial charge in [-0.1, -0.05) is 11.3 Å². The number of nitrogen functional groups attached to an aromatic ring is 1. The smallest absolute Gasteiger partial charge is 0.265 e. The minimum atomic E-state index is -0.203. The summed E-state index contributed by atoms with van der Waals surface area (Å²) in [6.45, 7) is 7.66. The summed E-state index contributed by atoms with van der Waals surface area (Å²) in [5, 5.41) is 6.45. The number of nitrogens with two attached hydrogens (primary N) is 1. The first-order valence-electron chi connectivity index (χ1n) is 6.78. The van der Waals surface area contributed by atoms with E-state index in [0.29, 0.717) is 4.88 Å². The van der Waals surface area contributed by atoms with E-state index < -0.39 is 0 Å². The van der Waals surface area contributed by atoms with Gasteiger partial charge in [0.15, 0.2) is 5.13 Å². The molecule has 1 unspecified atom stereocenters. The van der Waals surface area contributed by atoms with Crippen LogP contribution in [0.5, 0.6) is 0 Å². The molecule has 2 heterocycles. The maximum atomic E-state index is 12.3. The highest BCUT2D eigenvalue weighted by molar-refractivity contribution is 7.18. The van der Waals surface area contributed by atoms with E-state index in [0.717, 1.165) is 23.2 Å². The van der Waals surface area contributed by atoms with E-state index in [1.54, 1.807) is 6.20 Å². The standard InChI is InChI=1S/C13H19N5OS2/c1-4-18(5-2)13-17-10(14)9(21-13)11(19)16-8(3)12-15-6-7-20-12/h6-8H,4-5,14H2,1-3H3,(H,16,19). The lowest BCUT2D eigenvalue weighted by atomic mass is 10.3. The fourth-order valence-electron chi connectivity index (χ4n) is 1.88. The summed E-state index contributed by atoms with van der Waals surface area (Å²) < 4.78 is 0. The highest BCUT2D eigenvalue weighted by atomic mass is 32.1. The van der Waals surface area contributed by atoms with Crippen LogP contribution >= 0.6 is 22.7 Å². The molecule has 0 saturated heterocycles. The zero-order valence-electron chi connectivity index (χ0n) is 12.3. The number of aromatic nitrogens is 2. The van der Waals surface area contributed by atoms with Crippen LogP contribution in [-0.4, -0.2) is 29.0 Å². The molecular formula is C13H19N5OS2. The lowest BCUT2D eigenvalue weighted by Crippen LogP contribution is -2.26. The minimum absolute atomic E-state index is 0.143. The van der Waals surface area contributed by atoms with Gasteiger partial charge in [0, 0.05) is 24.7 Å². The van der Waals surface area contributed by atoms with Crippen molar-refractivity contribution >= 4 is 39.5 Å². The largest absolute Gasteiger partial charge is 0.382 e. The van der Waals surface area contributed by atoms with E-state index in [1.165, 1.54) is 22.7 Å². The Balaban J connectivity index is 2.12. The Bertz CT molecular complexity index is 592. The molecule has 1 amide bonds. The van der Waals surface area contributed by atoms with Gasteiger partial charge in [-0.15, -0.1) is 11.3 Å². The Hall–Kier alpha value is -1.67. The lowest BCUT2D eigenvalue weighted by molar-refractivity contribution is 0.0944. The Labute approximate surface area is 132 Å². The summed E-state index contributed by atoms with van der Waals surface area (Å²) in [4.78, 5) is 23.3. The maximum absolute atomic E-state index is 12.3. The number of rotatable bonds is 6. The number of nitrogens with one attached hydrogen (secondary N) is 1. The number of thiazole rings is 2. The fourth-order valence-corrected chi connectivity index (χ4v) is 3.55. The zero-order chi connectivity index (χ0) is 15.4. The molecule has 0 saturated carbocycles. The monoisotopic (exact) mass is 325 g/mol. The molecule has 0 spiro atoms. The SMILES string of the molecule is CCN(CC)c1nc(N)c(C(=O)NC(C)c2nccs2)s1. The quantitative estimate of drug-likeness (QED) is 0.852. The molecule has 1 atom stereocenters. The molecule has 0 bridgehead atoms. The van der Waals surface area contributed by atoms with Crippen molar-refractivity contribution in [2.45, 2.75) is 26.8 Å². The van der Waals surface area contributed by atoms with Crippen molar-refractivity contribution in [3.63, 3.8) is 0 Å². The Morgan fingerprint density at radius 2 is 2.19 bits per heavy atom. The highest BCUT2D eigenvalue weighted by Crippen LogP contribution is 2.28. The highest BCUT2D eigenvalue weighted by Gasteiger charge is 2.20. The molecule has 114 valence electrons. The second kappa shape index (κ2) is 6.86. The van der Waals surface area contributed by atoms with Crippen LogP contribution in [0.2, 0.25) is 0 Å². The molecule has 2 aromatic heterocycles. The van der Waals surface area contributed by atoms with Crippen molar-refractivity contribution in [2.24, 2.45) is 0 Å². The van der Waals surface area contributed by atoms with Gasteiger partial charge in [0.25, 0.3) is 5.91 Å². The fraction of sp³-hybridized carbons (Fsp3) is 0.462. The molecule has 0 aliphatic rings. The van der Waals surface area contributed by atoms with Crippen LogP contribution in [0.25, 0.3) is 0 Å². The molecule has 0 aliphatic carbocycles. The second-order valence-corrected chi connectivity index (χ2v) is 6.35. The molecule has 0 fully saturated rings. The Kier molecular flexibility index (Phi) is 5.13. The summed E-state index contributed by atoms with van der Waals surface area (Å²) >= 11 is 2.84. The average molecular weight is 325 g/mol. The molecule has 0 radical (unpaired) electrons. The van der Waals surface area contributed by atoms with Gasteiger partial charge in [-0.2, -0.15) is 0 Å². The molecule has 8 heteroatoms. The summed E-state index contributed by atoms with van der Waals surface area (Å²) in [6.07, 6.45) is 1.72. The van der Waals surface area contributed by atoms with Gasteiger partial charge >= 0.3 is 0 Å². The first-order valence-corrected chi connectivity index (χ1v) is 8.47. The summed E-state index contributed by atoms with van der Waals surface area (Å²) in [5.74, 6) is 0.0804. The third kappa shape index (κ3) is 3.51. The molecular weight excluding hydrogens is 306 g/mol. The van der Waals surface area contributed by atoms with E-state index in [4.69, 9.17) is 5.73 Å². The Morgan fingerprint density at radius 3 is 2.76 bits per heavy atom. The van der Waals surface area contributed by atoms with Crippen LogP contribution in [0.15, 0.2) is 11.6 Å². The van der Waals surface area contributed by atoms with Gasteiger partial charge in [0.1, 0.15) is 15.7 Å². The van der Waals surface area contributed by atoms with Crippen LogP contribution in [0, 0.1) is 0 Å². The number of hydrogen-bond acceptors (Lipinski definition) is 7. The Morgan fingerprint density at radius 1 is 1.48 bits per heavy atom. The van der Waals surface area contributed by atoms with Crippen LogP contribution in [-0.2, 0) is 0 Å². The number of hydrogen-bond donors (Lipinski definition) is 2. The third-order valence-corrected chi connectivity index (χ3v) is 5.14. The number of anilines is 2. The molecule has 2 aromatic rings. The first-order chi connectivity index (χ1) is 10.1. The predicted octanol–water partition coefficient (Wildman–Crippen LogP) is 2.52. The van der Waals surface area contributed by atoms with Gasteiger partial charge in [-0.05, 0) is 20.8 Å². The molecule has 3 N–H and O–H groups in total. The van der Waals surface area contributed by atoms with Crippen LogP contribution in [0.3, 0.4) is 0 Å². The summed E-state index contributed by atoms with van der Waals surface area (Å²) in [5.41, 5.74) is 5.88. The zero-order valence-corrected chi connectivity index (χ0v) is 13.9. The molecule has 0 aromatic carbocycles. The van der Waals surface area contributed by atoms with Crippen LogP contribution in [0.4, 0.5) is 10.9 Å². The number of carbonyl (C=O) groups is 1. The molecule has 0 aliphatic heterocycles. The van der Waals surface area contributed by atoms with E-state index in [1.807, 2.05) is 26.2 Å². The van der Waals surface area contributed by atoms with Crippen molar-refractivity contribution in [3.05, 3.63) is 21.5 Å². The van der Waals surface area contributed by atoms with Crippen LogP contribution in [0.1, 0.15) is 41.5 Å². The number of carbonyl (C=O) groups excluding carboxylic acids is 1. The van der Waals surface area contributed by atoms with Gasteiger partial charge in [0.2, 0.25) is 0 Å². The van der Waals surface area contributed by atoms with Crippen molar-refractivity contribution in [1.29, 1.82) is 0 Å². The molecule has 6 nitrogen and oxygen atoms in total. The van der Waals surface area contributed by atoms with E-state index in [-0.39, 0.29) is 17.8 Å². The van der Waals surface area contributed by atoms with E-state index >= 15 is 0 Å².